The summed E-state index contributed by atoms with van der Waals surface area (Å²) in [5, 5.41) is 3.93. The molecule has 0 saturated carbocycles. The fourth-order valence-corrected chi connectivity index (χ4v) is 1.72. The molecule has 0 aliphatic rings. The normalized spacial score (nSPS) is 11.6. The van der Waals surface area contributed by atoms with E-state index in [4.69, 9.17) is 0 Å². The third kappa shape index (κ3) is 2.62. The summed E-state index contributed by atoms with van der Waals surface area (Å²) in [6, 6.07) is 2.55. The Morgan fingerprint density at radius 1 is 1.16 bits per heavy atom. The van der Waals surface area contributed by atoms with Gasteiger partial charge < -0.3 is 0 Å². The zero-order valence-electron chi connectivity index (χ0n) is 10.4. The SMILES string of the molecule is CC(C)n1cc(C(F)F)c(-c2cc(F)ccc2F)n1. The zero-order chi connectivity index (χ0) is 14.2. The second kappa shape index (κ2) is 5.03. The second-order valence-corrected chi connectivity index (χ2v) is 4.43. The molecule has 19 heavy (non-hydrogen) atoms. The monoisotopic (exact) mass is 272 g/mol. The van der Waals surface area contributed by atoms with Gasteiger partial charge in [-0.05, 0) is 32.0 Å². The Morgan fingerprint density at radius 2 is 1.84 bits per heavy atom. The standard InChI is InChI=1S/C13H12F4N2/c1-7(2)19-6-10(13(16)17)12(18-19)9-5-8(14)3-4-11(9)15/h3-7,13H,1-2H3. The number of rotatable bonds is 3. The summed E-state index contributed by atoms with van der Waals surface area (Å²) in [4.78, 5) is 0. The fraction of sp³-hybridized carbons (Fsp3) is 0.308. The van der Waals surface area contributed by atoms with E-state index in [0.29, 0.717) is 0 Å². The lowest BCUT2D eigenvalue weighted by atomic mass is 10.1. The molecule has 0 amide bonds. The Kier molecular flexibility index (Phi) is 3.59. The lowest BCUT2D eigenvalue weighted by molar-refractivity contribution is 0.152. The van der Waals surface area contributed by atoms with Crippen molar-refractivity contribution in [3.05, 3.63) is 41.6 Å². The summed E-state index contributed by atoms with van der Waals surface area (Å²) >= 11 is 0. The van der Waals surface area contributed by atoms with Gasteiger partial charge in [-0.3, -0.25) is 4.68 Å². The van der Waals surface area contributed by atoms with Crippen LogP contribution in [0.1, 0.15) is 31.9 Å². The Balaban J connectivity index is 2.63. The van der Waals surface area contributed by atoms with Crippen LogP contribution in [0, 0.1) is 11.6 Å². The van der Waals surface area contributed by atoms with Crippen molar-refractivity contribution in [2.45, 2.75) is 26.3 Å². The van der Waals surface area contributed by atoms with E-state index in [1.807, 2.05) is 0 Å². The number of hydrogen-bond acceptors (Lipinski definition) is 1. The van der Waals surface area contributed by atoms with E-state index in [9.17, 15) is 17.6 Å². The maximum atomic E-state index is 13.6. The van der Waals surface area contributed by atoms with Gasteiger partial charge in [0, 0.05) is 17.8 Å². The number of nitrogens with zero attached hydrogens (tertiary/aromatic N) is 2. The van der Waals surface area contributed by atoms with Crippen LogP contribution in [-0.2, 0) is 0 Å². The van der Waals surface area contributed by atoms with Gasteiger partial charge in [-0.2, -0.15) is 5.10 Å². The van der Waals surface area contributed by atoms with Crippen molar-refractivity contribution in [2.75, 3.05) is 0 Å². The van der Waals surface area contributed by atoms with Gasteiger partial charge >= 0.3 is 0 Å². The number of aromatic nitrogens is 2. The molecular formula is C13H12F4N2. The molecule has 0 radical (unpaired) electrons. The van der Waals surface area contributed by atoms with Gasteiger partial charge in [-0.15, -0.1) is 0 Å². The molecule has 0 N–H and O–H groups in total. The summed E-state index contributed by atoms with van der Waals surface area (Å²) in [7, 11) is 0. The minimum absolute atomic E-state index is 0.150. The topological polar surface area (TPSA) is 17.8 Å². The number of benzene rings is 1. The number of halogens is 4. The average molecular weight is 272 g/mol. The first-order valence-electron chi connectivity index (χ1n) is 5.72. The summed E-state index contributed by atoms with van der Waals surface area (Å²) in [6.07, 6.45) is -1.64. The lowest BCUT2D eigenvalue weighted by Gasteiger charge is -2.04. The highest BCUT2D eigenvalue weighted by Crippen LogP contribution is 2.32. The fourth-order valence-electron chi connectivity index (χ4n) is 1.72. The molecule has 0 spiro atoms. The van der Waals surface area contributed by atoms with E-state index in [0.717, 1.165) is 24.4 Å². The maximum absolute atomic E-state index is 13.6. The highest BCUT2D eigenvalue weighted by molar-refractivity contribution is 5.63. The first kappa shape index (κ1) is 13.6. The van der Waals surface area contributed by atoms with Gasteiger partial charge in [0.1, 0.15) is 17.3 Å². The quantitative estimate of drug-likeness (QED) is 0.760. The first-order chi connectivity index (χ1) is 8.90. The van der Waals surface area contributed by atoms with Crippen LogP contribution in [0.3, 0.4) is 0 Å². The molecule has 102 valence electrons. The molecule has 1 aromatic carbocycles. The van der Waals surface area contributed by atoms with Crippen molar-refractivity contribution in [2.24, 2.45) is 0 Å². The van der Waals surface area contributed by atoms with Crippen LogP contribution in [0.5, 0.6) is 0 Å². The van der Waals surface area contributed by atoms with Crippen molar-refractivity contribution in [3.63, 3.8) is 0 Å². The molecule has 2 nitrogen and oxygen atoms in total. The van der Waals surface area contributed by atoms with Crippen LogP contribution in [0.25, 0.3) is 11.3 Å². The van der Waals surface area contributed by atoms with Gasteiger partial charge in [0.15, 0.2) is 0 Å². The first-order valence-corrected chi connectivity index (χ1v) is 5.72. The van der Waals surface area contributed by atoms with Crippen LogP contribution in [0.4, 0.5) is 17.6 Å². The van der Waals surface area contributed by atoms with E-state index < -0.39 is 23.6 Å². The molecule has 0 aliphatic heterocycles. The van der Waals surface area contributed by atoms with Gasteiger partial charge in [0.05, 0.1) is 5.56 Å². The van der Waals surface area contributed by atoms with Gasteiger partial charge in [0.25, 0.3) is 6.43 Å². The molecule has 2 rings (SSSR count). The van der Waals surface area contributed by atoms with E-state index in [2.05, 4.69) is 5.10 Å². The van der Waals surface area contributed by atoms with Crippen LogP contribution in [0.15, 0.2) is 24.4 Å². The molecule has 1 aromatic heterocycles. The minimum Gasteiger partial charge on any atom is -0.269 e. The van der Waals surface area contributed by atoms with Crippen molar-refractivity contribution < 1.29 is 17.6 Å². The molecular weight excluding hydrogens is 260 g/mol. The molecule has 0 fully saturated rings. The van der Waals surface area contributed by atoms with E-state index in [1.165, 1.54) is 4.68 Å². The number of hydrogen-bond donors (Lipinski definition) is 0. The zero-order valence-corrected chi connectivity index (χ0v) is 10.4. The summed E-state index contributed by atoms with van der Waals surface area (Å²) in [5.74, 6) is -1.48. The van der Waals surface area contributed by atoms with Crippen LogP contribution in [-0.4, -0.2) is 9.78 Å². The number of alkyl halides is 2. The molecule has 0 aliphatic carbocycles. The Bertz CT molecular complexity index is 590. The molecule has 2 aromatic rings. The summed E-state index contributed by atoms with van der Waals surface area (Å²) < 4.78 is 54.0. The van der Waals surface area contributed by atoms with Crippen molar-refractivity contribution >= 4 is 0 Å². The Morgan fingerprint density at radius 3 is 2.42 bits per heavy atom. The highest BCUT2D eigenvalue weighted by atomic mass is 19.3. The second-order valence-electron chi connectivity index (χ2n) is 4.43. The van der Waals surface area contributed by atoms with Crippen molar-refractivity contribution in [3.8, 4) is 11.3 Å². The predicted octanol–water partition coefficient (Wildman–Crippen LogP) is 4.35. The third-order valence-corrected chi connectivity index (χ3v) is 2.71. The minimum atomic E-state index is -2.80. The van der Waals surface area contributed by atoms with E-state index >= 15 is 0 Å². The molecule has 0 unspecified atom stereocenters. The van der Waals surface area contributed by atoms with Crippen molar-refractivity contribution in [1.29, 1.82) is 0 Å². The van der Waals surface area contributed by atoms with E-state index in [-0.39, 0.29) is 17.3 Å². The largest absolute Gasteiger partial charge is 0.269 e. The average Bonchev–Trinajstić information content (AvgIpc) is 2.77. The lowest BCUT2D eigenvalue weighted by Crippen LogP contribution is -2.01. The van der Waals surface area contributed by atoms with E-state index in [1.54, 1.807) is 13.8 Å². The van der Waals surface area contributed by atoms with Gasteiger partial charge in [-0.25, -0.2) is 17.6 Å². The van der Waals surface area contributed by atoms with Crippen molar-refractivity contribution in [1.82, 2.24) is 9.78 Å². The molecule has 6 heteroatoms. The van der Waals surface area contributed by atoms with Crippen LogP contribution in [0.2, 0.25) is 0 Å². The molecule has 0 bridgehead atoms. The van der Waals surface area contributed by atoms with Gasteiger partial charge in [-0.1, -0.05) is 0 Å². The Hall–Kier alpha value is -1.85. The summed E-state index contributed by atoms with van der Waals surface area (Å²) in [5.41, 5.74) is -0.881. The molecule has 0 atom stereocenters. The summed E-state index contributed by atoms with van der Waals surface area (Å²) in [6.45, 7) is 3.52. The molecule has 1 heterocycles. The predicted molar refractivity (Wildman–Crippen MR) is 62.9 cm³/mol. The smallest absolute Gasteiger partial charge is 0.267 e. The van der Waals surface area contributed by atoms with Gasteiger partial charge in [0.2, 0.25) is 0 Å². The van der Waals surface area contributed by atoms with Crippen LogP contribution >= 0.6 is 0 Å². The van der Waals surface area contributed by atoms with Crippen LogP contribution < -0.4 is 0 Å². The molecule has 0 saturated heterocycles. The maximum Gasteiger partial charge on any atom is 0.267 e. The Labute approximate surface area is 107 Å². The highest BCUT2D eigenvalue weighted by Gasteiger charge is 2.22. The third-order valence-electron chi connectivity index (χ3n) is 2.71.